The molecule has 0 aliphatic heterocycles. The number of pyridine rings is 1. The largest absolute Gasteiger partial charge is 0.340 e. The van der Waals surface area contributed by atoms with Crippen LogP contribution in [0, 0.1) is 0 Å². The summed E-state index contributed by atoms with van der Waals surface area (Å²) in [6.07, 6.45) is 5.44. The predicted octanol–water partition coefficient (Wildman–Crippen LogP) is 6.86. The summed E-state index contributed by atoms with van der Waals surface area (Å²) in [6, 6.07) is 25.2. The van der Waals surface area contributed by atoms with E-state index in [0.717, 1.165) is 74.4 Å². The molecule has 0 spiro atoms. The van der Waals surface area contributed by atoms with Gasteiger partial charge in [0, 0.05) is 29.0 Å². The van der Waals surface area contributed by atoms with Crippen LogP contribution in [-0.2, 0) is 6.54 Å². The molecule has 1 aliphatic rings. The summed E-state index contributed by atoms with van der Waals surface area (Å²) >= 11 is 0. The van der Waals surface area contributed by atoms with E-state index >= 15 is 0 Å². The Labute approximate surface area is 196 Å². The molecule has 6 aromatic rings. The quantitative estimate of drug-likeness (QED) is 0.304. The van der Waals surface area contributed by atoms with Crippen molar-refractivity contribution in [3.05, 3.63) is 90.8 Å². The molecule has 3 heterocycles. The van der Waals surface area contributed by atoms with E-state index in [2.05, 4.69) is 89.3 Å². The number of aromatic amines is 1. The second-order valence-corrected chi connectivity index (χ2v) is 8.84. The van der Waals surface area contributed by atoms with E-state index in [4.69, 9.17) is 15.0 Å². The predicted molar refractivity (Wildman–Crippen MR) is 138 cm³/mol. The highest BCUT2D eigenvalue weighted by Crippen LogP contribution is 2.35. The number of allylic oxidation sites excluding steroid dienone is 2. The van der Waals surface area contributed by atoms with Gasteiger partial charge in [-0.05, 0) is 31.5 Å². The Hall–Kier alpha value is -4.25. The molecule has 5 nitrogen and oxygen atoms in total. The minimum Gasteiger partial charge on any atom is -0.340 e. The van der Waals surface area contributed by atoms with Crippen molar-refractivity contribution >= 4 is 33.0 Å². The number of fused-ring (bicyclic) bond motifs is 4. The summed E-state index contributed by atoms with van der Waals surface area (Å²) in [5.41, 5.74) is 8.25. The number of para-hydroxylation sites is 3. The molecule has 1 N–H and O–H groups in total. The second-order valence-electron chi connectivity index (χ2n) is 8.84. The van der Waals surface area contributed by atoms with Gasteiger partial charge >= 0.3 is 0 Å². The molecule has 0 saturated carbocycles. The topological polar surface area (TPSA) is 59.4 Å². The van der Waals surface area contributed by atoms with Crippen LogP contribution in [-0.4, -0.2) is 24.5 Å². The number of benzene rings is 3. The molecule has 0 bridgehead atoms. The lowest BCUT2D eigenvalue weighted by Gasteiger charge is -2.13. The van der Waals surface area contributed by atoms with Crippen molar-refractivity contribution in [2.75, 3.05) is 0 Å². The van der Waals surface area contributed by atoms with E-state index in [1.54, 1.807) is 0 Å². The first-order valence-electron chi connectivity index (χ1n) is 11.8. The van der Waals surface area contributed by atoms with Gasteiger partial charge < -0.3 is 9.55 Å². The van der Waals surface area contributed by atoms with Crippen LogP contribution in [0.2, 0.25) is 0 Å². The highest BCUT2D eigenvalue weighted by atomic mass is 15.1. The molecule has 1 atom stereocenters. The molecule has 0 fully saturated rings. The first-order chi connectivity index (χ1) is 16.8. The zero-order valence-electron chi connectivity index (χ0n) is 18.9. The average molecular weight is 442 g/mol. The van der Waals surface area contributed by atoms with Gasteiger partial charge in [0.05, 0.1) is 27.8 Å². The van der Waals surface area contributed by atoms with Crippen molar-refractivity contribution in [1.82, 2.24) is 24.5 Å². The molecule has 7 rings (SSSR count). The van der Waals surface area contributed by atoms with Crippen LogP contribution in [0.15, 0.2) is 84.9 Å². The number of rotatable bonds is 4. The van der Waals surface area contributed by atoms with Crippen molar-refractivity contribution in [2.24, 2.45) is 0 Å². The minimum atomic E-state index is 0.364. The number of nitrogens with zero attached hydrogens (tertiary/aromatic N) is 4. The van der Waals surface area contributed by atoms with E-state index in [1.807, 2.05) is 12.1 Å². The van der Waals surface area contributed by atoms with E-state index in [0.29, 0.717) is 5.92 Å². The van der Waals surface area contributed by atoms with Crippen molar-refractivity contribution in [3.63, 3.8) is 0 Å². The Morgan fingerprint density at radius 1 is 0.853 bits per heavy atom. The minimum absolute atomic E-state index is 0.364. The van der Waals surface area contributed by atoms with E-state index in [1.165, 1.54) is 0 Å². The highest BCUT2D eigenvalue weighted by molar-refractivity contribution is 6.07. The maximum Gasteiger partial charge on any atom is 0.141 e. The summed E-state index contributed by atoms with van der Waals surface area (Å²) in [5, 5.41) is 1.08. The average Bonchev–Trinajstić information content (AvgIpc) is 3.44. The van der Waals surface area contributed by atoms with Gasteiger partial charge in [-0.3, -0.25) is 0 Å². The Kier molecular flexibility index (Phi) is 4.18. The summed E-state index contributed by atoms with van der Waals surface area (Å²) in [7, 11) is 0. The van der Waals surface area contributed by atoms with Gasteiger partial charge in [-0.1, -0.05) is 66.7 Å². The first-order valence-corrected chi connectivity index (χ1v) is 11.8. The number of hydrogen-bond donors (Lipinski definition) is 1. The highest BCUT2D eigenvalue weighted by Gasteiger charge is 2.21. The summed E-state index contributed by atoms with van der Waals surface area (Å²) in [6.45, 7) is 3.03. The number of imidazole rings is 2. The van der Waals surface area contributed by atoms with Gasteiger partial charge in [-0.25, -0.2) is 15.0 Å². The standard InChI is InChI=1S/C29H23N5/c1-2-34-24-13-6-5-12-23(24)31-29(34)20-16-14-18(15-17-20)25-27-26(21-10-3-4-11-22(21)30-25)32-28(33-27)19-8-7-9-19/h3-8,10-17,19H,2,9H2,1H3,(H,32,33)/t19-/m1/s1. The number of aromatic nitrogens is 5. The van der Waals surface area contributed by atoms with Gasteiger partial charge in [0.25, 0.3) is 0 Å². The fraction of sp³-hybridized carbons (Fsp3) is 0.138. The van der Waals surface area contributed by atoms with Crippen molar-refractivity contribution in [1.29, 1.82) is 0 Å². The Morgan fingerprint density at radius 2 is 1.59 bits per heavy atom. The molecule has 34 heavy (non-hydrogen) atoms. The summed E-state index contributed by atoms with van der Waals surface area (Å²) in [4.78, 5) is 18.6. The fourth-order valence-electron chi connectivity index (χ4n) is 4.96. The monoisotopic (exact) mass is 441 g/mol. The van der Waals surface area contributed by atoms with E-state index in [9.17, 15) is 0 Å². The molecular weight excluding hydrogens is 418 g/mol. The molecule has 0 amide bonds. The van der Waals surface area contributed by atoms with E-state index < -0.39 is 0 Å². The molecule has 3 aromatic heterocycles. The zero-order chi connectivity index (χ0) is 22.6. The van der Waals surface area contributed by atoms with Crippen LogP contribution in [0.5, 0.6) is 0 Å². The van der Waals surface area contributed by atoms with Gasteiger partial charge in [0.1, 0.15) is 17.2 Å². The zero-order valence-corrected chi connectivity index (χ0v) is 18.9. The Bertz CT molecular complexity index is 1720. The maximum atomic E-state index is 5.05. The third-order valence-electron chi connectivity index (χ3n) is 6.85. The van der Waals surface area contributed by atoms with Crippen molar-refractivity contribution in [2.45, 2.75) is 25.8 Å². The molecule has 0 saturated heterocycles. The van der Waals surface area contributed by atoms with Crippen LogP contribution in [0.4, 0.5) is 0 Å². The number of aryl methyl sites for hydroxylation is 1. The van der Waals surface area contributed by atoms with Crippen LogP contribution < -0.4 is 0 Å². The molecule has 0 unspecified atom stereocenters. The smallest absolute Gasteiger partial charge is 0.141 e. The second kappa shape index (κ2) is 7.39. The van der Waals surface area contributed by atoms with Gasteiger partial charge in [-0.2, -0.15) is 0 Å². The number of nitrogens with one attached hydrogen (secondary N) is 1. The maximum absolute atomic E-state index is 5.05. The Morgan fingerprint density at radius 3 is 2.35 bits per heavy atom. The van der Waals surface area contributed by atoms with Crippen LogP contribution in [0.1, 0.15) is 25.1 Å². The van der Waals surface area contributed by atoms with Gasteiger partial charge in [0.2, 0.25) is 0 Å². The molecule has 0 radical (unpaired) electrons. The van der Waals surface area contributed by atoms with Crippen molar-refractivity contribution < 1.29 is 0 Å². The number of H-pyrrole nitrogens is 1. The van der Waals surface area contributed by atoms with Gasteiger partial charge in [0.15, 0.2) is 0 Å². The third kappa shape index (κ3) is 2.83. The fourth-order valence-corrected chi connectivity index (χ4v) is 4.96. The molecule has 5 heteroatoms. The van der Waals surface area contributed by atoms with Gasteiger partial charge in [-0.15, -0.1) is 0 Å². The molecule has 3 aromatic carbocycles. The lowest BCUT2D eigenvalue weighted by molar-refractivity contribution is 0.744. The molecule has 1 aliphatic carbocycles. The SMILES string of the molecule is CCn1c(-c2ccc(-c3nc4ccccc4c4nc([C@@H]5C=CC5)[nH]c34)cc2)nc2ccccc21. The third-order valence-corrected chi connectivity index (χ3v) is 6.85. The number of hydrogen-bond acceptors (Lipinski definition) is 3. The molecular formula is C29H23N5. The van der Waals surface area contributed by atoms with Crippen LogP contribution >= 0.6 is 0 Å². The summed E-state index contributed by atoms with van der Waals surface area (Å²) in [5.74, 6) is 2.38. The van der Waals surface area contributed by atoms with E-state index in [-0.39, 0.29) is 0 Å². The van der Waals surface area contributed by atoms with Crippen LogP contribution in [0.3, 0.4) is 0 Å². The summed E-state index contributed by atoms with van der Waals surface area (Å²) < 4.78 is 2.27. The lowest BCUT2D eigenvalue weighted by atomic mass is 9.95. The first kappa shape index (κ1) is 19.2. The van der Waals surface area contributed by atoms with Crippen LogP contribution in [0.25, 0.3) is 55.6 Å². The lowest BCUT2D eigenvalue weighted by Crippen LogP contribution is -2.02. The van der Waals surface area contributed by atoms with Crippen molar-refractivity contribution in [3.8, 4) is 22.6 Å². The molecule has 164 valence electrons. The Balaban J connectivity index is 1.38. The normalized spacial score (nSPS) is 15.4.